The summed E-state index contributed by atoms with van der Waals surface area (Å²) in [6, 6.07) is 11.1. The van der Waals surface area contributed by atoms with Gasteiger partial charge in [-0.15, -0.1) is 0 Å². The van der Waals surface area contributed by atoms with Gasteiger partial charge in [-0.3, -0.25) is 14.2 Å². The highest BCUT2D eigenvalue weighted by Gasteiger charge is 2.41. The van der Waals surface area contributed by atoms with E-state index >= 15 is 0 Å². The van der Waals surface area contributed by atoms with Crippen LogP contribution in [0.15, 0.2) is 40.8 Å². The van der Waals surface area contributed by atoms with Crippen LogP contribution in [0.5, 0.6) is 5.75 Å². The van der Waals surface area contributed by atoms with Gasteiger partial charge in [0.15, 0.2) is 0 Å². The predicted octanol–water partition coefficient (Wildman–Crippen LogP) is 7.10. The number of likely N-dealkylation sites (tertiary alicyclic amines) is 1. The van der Waals surface area contributed by atoms with E-state index in [4.69, 9.17) is 32.4 Å². The lowest BCUT2D eigenvalue weighted by atomic mass is 9.88. The Morgan fingerprint density at radius 1 is 1.14 bits per heavy atom. The van der Waals surface area contributed by atoms with E-state index in [2.05, 4.69) is 22.8 Å². The van der Waals surface area contributed by atoms with E-state index in [1.54, 1.807) is 26.0 Å². The number of rotatable bonds is 8. The number of hydrogen-bond donors (Lipinski definition) is 0. The van der Waals surface area contributed by atoms with E-state index < -0.39 is 11.7 Å². The van der Waals surface area contributed by atoms with Crippen molar-refractivity contribution in [2.75, 3.05) is 39.5 Å². The predicted molar refractivity (Wildman–Crippen MR) is 141 cm³/mol. The van der Waals surface area contributed by atoms with Crippen molar-refractivity contribution in [3.05, 3.63) is 63.3 Å². The molecule has 2 unspecified atom stereocenters. The second-order valence-corrected chi connectivity index (χ2v) is 11.5. The van der Waals surface area contributed by atoms with Crippen molar-refractivity contribution in [2.24, 2.45) is 5.92 Å². The van der Waals surface area contributed by atoms with Gasteiger partial charge in [0.1, 0.15) is 29.4 Å². The molecule has 0 amide bonds. The summed E-state index contributed by atoms with van der Waals surface area (Å²) in [6.45, 7) is 7.91. The zero-order valence-electron chi connectivity index (χ0n) is 20.9. The number of furan rings is 1. The largest absolute Gasteiger partial charge is 0.492 e. The lowest BCUT2D eigenvalue weighted by molar-refractivity contribution is 0.0599. The van der Waals surface area contributed by atoms with E-state index in [9.17, 15) is 8.78 Å². The highest BCUT2D eigenvalue weighted by molar-refractivity contribution is 6.36. The highest BCUT2D eigenvalue weighted by atomic mass is 35.5. The van der Waals surface area contributed by atoms with Gasteiger partial charge in [-0.1, -0.05) is 41.4 Å². The molecule has 1 aromatic heterocycles. The fourth-order valence-electron chi connectivity index (χ4n) is 5.50. The van der Waals surface area contributed by atoms with Crippen LogP contribution in [-0.2, 0) is 6.42 Å². The summed E-state index contributed by atoms with van der Waals surface area (Å²) < 4.78 is 39.9. The number of hydrogen-bond acceptors (Lipinski definition) is 4. The molecule has 8 heteroatoms. The first-order chi connectivity index (χ1) is 17.1. The summed E-state index contributed by atoms with van der Waals surface area (Å²) >= 11 is 13.7. The number of fused-ring (bicyclic) bond motifs is 3. The monoisotopic (exact) mass is 536 g/mol. The molecule has 36 heavy (non-hydrogen) atoms. The molecular formula is C28H32Cl2F2N2O2. The smallest absolute Gasteiger partial charge is 0.134 e. The number of ether oxygens (including phenoxy) is 1. The van der Waals surface area contributed by atoms with Gasteiger partial charge in [-0.2, -0.15) is 0 Å². The molecule has 0 aliphatic carbocycles. The molecular weight excluding hydrogens is 505 g/mol. The van der Waals surface area contributed by atoms with Crippen molar-refractivity contribution in [2.45, 2.75) is 44.9 Å². The Balaban J connectivity index is 1.47. The summed E-state index contributed by atoms with van der Waals surface area (Å²) in [7, 11) is 0. The maximum absolute atomic E-state index is 15.0. The molecule has 2 aromatic carbocycles. The second-order valence-electron chi connectivity index (χ2n) is 10.7. The number of benzene rings is 2. The van der Waals surface area contributed by atoms with Gasteiger partial charge in [-0.05, 0) is 45.4 Å². The average molecular weight is 537 g/mol. The highest BCUT2D eigenvalue weighted by Crippen LogP contribution is 2.48. The number of halogens is 4. The van der Waals surface area contributed by atoms with Crippen molar-refractivity contribution in [1.82, 2.24) is 9.80 Å². The fraction of sp³-hybridized carbons (Fsp3) is 0.500. The third kappa shape index (κ3) is 5.10. The van der Waals surface area contributed by atoms with Crippen molar-refractivity contribution >= 4 is 34.2 Å². The molecule has 1 fully saturated rings. The van der Waals surface area contributed by atoms with Crippen LogP contribution in [0.25, 0.3) is 11.0 Å². The van der Waals surface area contributed by atoms with Crippen molar-refractivity contribution in [3.8, 4) is 5.75 Å². The summed E-state index contributed by atoms with van der Waals surface area (Å²) in [5.41, 5.74) is 1.19. The van der Waals surface area contributed by atoms with E-state index in [0.717, 1.165) is 48.3 Å². The first-order valence-corrected chi connectivity index (χ1v) is 13.2. The van der Waals surface area contributed by atoms with E-state index in [0.29, 0.717) is 28.0 Å². The van der Waals surface area contributed by atoms with E-state index in [-0.39, 0.29) is 25.2 Å². The SMILES string of the molecule is CC1Cc2c(oc3ccccc23)C(c2c(Cl)cc(OCCN3CC(CF)C3)cc2Cl)N1CC(C)(C)F. The molecule has 0 spiro atoms. The van der Waals surface area contributed by atoms with Crippen LogP contribution in [0.2, 0.25) is 10.0 Å². The Bertz CT molecular complexity index is 1210. The van der Waals surface area contributed by atoms with Crippen LogP contribution in [0, 0.1) is 5.92 Å². The molecule has 0 bridgehead atoms. The molecule has 4 nitrogen and oxygen atoms in total. The van der Waals surface area contributed by atoms with Crippen molar-refractivity contribution in [1.29, 1.82) is 0 Å². The maximum atomic E-state index is 15.0. The molecule has 0 saturated carbocycles. The van der Waals surface area contributed by atoms with Crippen LogP contribution in [0.4, 0.5) is 8.78 Å². The molecule has 0 N–H and O–H groups in total. The summed E-state index contributed by atoms with van der Waals surface area (Å²) in [5.74, 6) is 1.48. The van der Waals surface area contributed by atoms with E-state index in [1.807, 2.05) is 18.2 Å². The summed E-state index contributed by atoms with van der Waals surface area (Å²) in [5, 5.41) is 1.97. The molecule has 1 saturated heterocycles. The number of para-hydroxylation sites is 1. The molecule has 5 rings (SSSR count). The zero-order chi connectivity index (χ0) is 25.6. The molecule has 0 radical (unpaired) electrons. The normalized spacial score (nSPS) is 21.5. The lowest BCUT2D eigenvalue weighted by Crippen LogP contribution is -2.49. The fourth-order valence-corrected chi connectivity index (χ4v) is 6.17. The lowest BCUT2D eigenvalue weighted by Gasteiger charge is -2.42. The average Bonchev–Trinajstić information content (AvgIpc) is 3.14. The van der Waals surface area contributed by atoms with Gasteiger partial charge in [0.2, 0.25) is 0 Å². The second kappa shape index (κ2) is 10.1. The minimum absolute atomic E-state index is 0.0475. The number of alkyl halides is 2. The van der Waals surface area contributed by atoms with Gasteiger partial charge in [0, 0.05) is 54.7 Å². The van der Waals surface area contributed by atoms with Crippen LogP contribution >= 0.6 is 23.2 Å². The zero-order valence-corrected chi connectivity index (χ0v) is 22.4. The molecule has 194 valence electrons. The molecule has 2 aliphatic heterocycles. The minimum atomic E-state index is -1.42. The van der Waals surface area contributed by atoms with Gasteiger partial charge in [0.05, 0.1) is 22.8 Å². The molecule has 3 aromatic rings. The van der Waals surface area contributed by atoms with Crippen molar-refractivity contribution < 1.29 is 17.9 Å². The maximum Gasteiger partial charge on any atom is 0.134 e. The van der Waals surface area contributed by atoms with Gasteiger partial charge in [0.25, 0.3) is 0 Å². The Kier molecular flexibility index (Phi) is 7.25. The van der Waals surface area contributed by atoms with Crippen LogP contribution in [-0.4, -0.2) is 61.0 Å². The molecule has 2 aliphatic rings. The Morgan fingerprint density at radius 2 is 1.83 bits per heavy atom. The van der Waals surface area contributed by atoms with E-state index in [1.165, 1.54) is 0 Å². The topological polar surface area (TPSA) is 28.9 Å². The van der Waals surface area contributed by atoms with Crippen molar-refractivity contribution in [3.63, 3.8) is 0 Å². The first-order valence-electron chi connectivity index (χ1n) is 12.5. The Morgan fingerprint density at radius 3 is 2.50 bits per heavy atom. The van der Waals surface area contributed by atoms with Crippen LogP contribution in [0.3, 0.4) is 0 Å². The Labute approximate surface area is 221 Å². The molecule has 2 atom stereocenters. The standard InChI is InChI=1S/C28H32Cl2F2N2O2/c1-17-10-21-20-6-4-5-7-24(20)36-27(21)26(34(17)16-28(2,3)32)25-22(29)11-19(12-23(25)30)35-9-8-33-14-18(13-31)15-33/h4-7,11-12,17-18,26H,8-10,13-16H2,1-3H3. The summed E-state index contributed by atoms with van der Waals surface area (Å²) in [4.78, 5) is 4.26. The molecule has 3 heterocycles. The summed E-state index contributed by atoms with van der Waals surface area (Å²) in [6.07, 6.45) is 0.745. The third-order valence-electron chi connectivity index (χ3n) is 7.19. The quantitative estimate of drug-likeness (QED) is 0.307. The first kappa shape index (κ1) is 25.8. The van der Waals surface area contributed by atoms with Gasteiger partial charge >= 0.3 is 0 Å². The third-order valence-corrected chi connectivity index (χ3v) is 7.81. The van der Waals surface area contributed by atoms with Gasteiger partial charge in [-0.25, -0.2) is 4.39 Å². The van der Waals surface area contributed by atoms with Gasteiger partial charge < -0.3 is 9.15 Å². The van der Waals surface area contributed by atoms with Crippen LogP contribution in [0.1, 0.15) is 43.7 Å². The Hall–Kier alpha value is -1.86. The number of nitrogens with zero attached hydrogens (tertiary/aromatic N) is 2. The van der Waals surface area contributed by atoms with Crippen LogP contribution < -0.4 is 4.74 Å². The minimum Gasteiger partial charge on any atom is -0.492 e.